The van der Waals surface area contributed by atoms with E-state index in [2.05, 4.69) is 25.2 Å². The summed E-state index contributed by atoms with van der Waals surface area (Å²) in [6.07, 6.45) is 7.00. The number of aliphatic hydroxyl groups is 1. The Morgan fingerprint density at radius 2 is 2.00 bits per heavy atom. The third-order valence-corrected chi connectivity index (χ3v) is 5.56. The van der Waals surface area contributed by atoms with E-state index in [0.29, 0.717) is 11.6 Å². The molecule has 150 valence electrons. The Kier molecular flexibility index (Phi) is 5.73. The lowest BCUT2D eigenvalue weighted by molar-refractivity contribution is 0.145. The van der Waals surface area contributed by atoms with Crippen molar-refractivity contribution in [1.29, 1.82) is 0 Å². The number of phenols is 1. The number of hydrogen-bond donors (Lipinski definition) is 3. The summed E-state index contributed by atoms with van der Waals surface area (Å²) in [6, 6.07) is 9.03. The molecule has 2 aromatic heterocycles. The van der Waals surface area contributed by atoms with Crippen molar-refractivity contribution in [2.45, 2.75) is 25.9 Å². The Hall–Kier alpha value is -2.97. The summed E-state index contributed by atoms with van der Waals surface area (Å²) in [7, 11) is 0. The number of aliphatic hydroxyl groups excluding tert-OH is 1. The lowest BCUT2D eigenvalue weighted by Gasteiger charge is -2.30. The van der Waals surface area contributed by atoms with Gasteiger partial charge in [0.15, 0.2) is 5.13 Å². The number of benzene rings is 1. The molecule has 0 amide bonds. The molecule has 7 nitrogen and oxygen atoms in total. The minimum Gasteiger partial charge on any atom is -0.508 e. The maximum atomic E-state index is 9.71. The first-order chi connectivity index (χ1) is 14.0. The van der Waals surface area contributed by atoms with Gasteiger partial charge in [-0.2, -0.15) is 0 Å². The summed E-state index contributed by atoms with van der Waals surface area (Å²) >= 11 is 1.52. The van der Waals surface area contributed by atoms with Crippen LogP contribution in [-0.2, 0) is 0 Å². The highest BCUT2D eigenvalue weighted by Gasteiger charge is 2.19. The Balaban J connectivity index is 1.46. The van der Waals surface area contributed by atoms with Crippen LogP contribution in [0.4, 0.5) is 16.8 Å². The quantitative estimate of drug-likeness (QED) is 0.590. The number of nitrogens with one attached hydrogen (secondary N) is 1. The fourth-order valence-corrected chi connectivity index (χ4v) is 3.94. The van der Waals surface area contributed by atoms with Gasteiger partial charge in [0.25, 0.3) is 0 Å². The normalized spacial score (nSPS) is 15.2. The number of thiazole rings is 1. The van der Waals surface area contributed by atoms with Crippen LogP contribution in [0.15, 0.2) is 36.5 Å². The number of nitrogens with zero attached hydrogens (tertiary/aromatic N) is 4. The molecule has 0 saturated carbocycles. The lowest BCUT2D eigenvalue weighted by atomic mass is 10.1. The van der Waals surface area contributed by atoms with Crippen molar-refractivity contribution in [3.63, 3.8) is 0 Å². The number of piperidine rings is 1. The van der Waals surface area contributed by atoms with Gasteiger partial charge >= 0.3 is 0 Å². The van der Waals surface area contributed by atoms with Crippen LogP contribution in [0, 0.1) is 6.92 Å². The third kappa shape index (κ3) is 5.10. The zero-order valence-corrected chi connectivity index (χ0v) is 16.9. The summed E-state index contributed by atoms with van der Waals surface area (Å²) in [5.41, 5.74) is 0.927. The molecule has 0 radical (unpaired) electrons. The lowest BCUT2D eigenvalue weighted by Crippen LogP contribution is -2.36. The fourth-order valence-electron chi connectivity index (χ4n) is 3.21. The van der Waals surface area contributed by atoms with E-state index in [0.717, 1.165) is 47.3 Å². The van der Waals surface area contributed by atoms with Gasteiger partial charge in [0.1, 0.15) is 23.2 Å². The predicted molar refractivity (Wildman–Crippen MR) is 117 cm³/mol. The monoisotopic (exact) mass is 409 g/mol. The van der Waals surface area contributed by atoms with E-state index in [4.69, 9.17) is 0 Å². The van der Waals surface area contributed by atoms with E-state index in [9.17, 15) is 10.2 Å². The van der Waals surface area contributed by atoms with E-state index in [1.54, 1.807) is 18.3 Å². The fraction of sp³-hybridized carbons (Fsp3) is 0.286. The second kappa shape index (κ2) is 8.59. The van der Waals surface area contributed by atoms with Crippen molar-refractivity contribution in [3.05, 3.63) is 52.8 Å². The van der Waals surface area contributed by atoms with Crippen LogP contribution < -0.4 is 10.2 Å². The first kappa shape index (κ1) is 19.4. The number of aryl methyl sites for hydroxylation is 1. The molecule has 1 aliphatic rings. The standard InChI is InChI=1S/C21H23N5O2S/c1-14-23-19(12-20(24-14)26-9-7-16(27)8-10-26)25-21-22-13-18(29-21)6-5-15-3-2-4-17(28)11-15/h2-6,11-13,16,27-28H,7-10H2,1H3,(H,22,23,24,25)/b6-5+. The maximum Gasteiger partial charge on any atom is 0.188 e. The van der Waals surface area contributed by atoms with Gasteiger partial charge in [0, 0.05) is 30.2 Å². The number of hydrogen-bond acceptors (Lipinski definition) is 8. The SMILES string of the molecule is Cc1nc(Nc2ncc(/C=C/c3cccc(O)c3)s2)cc(N2CCC(O)CC2)n1. The van der Waals surface area contributed by atoms with Crippen LogP contribution in [0.5, 0.6) is 5.75 Å². The Morgan fingerprint density at radius 3 is 2.79 bits per heavy atom. The Labute approximate surface area is 173 Å². The van der Waals surface area contributed by atoms with Gasteiger partial charge in [0.05, 0.1) is 6.10 Å². The van der Waals surface area contributed by atoms with E-state index < -0.39 is 0 Å². The Morgan fingerprint density at radius 1 is 1.17 bits per heavy atom. The molecule has 8 heteroatoms. The molecule has 3 heterocycles. The van der Waals surface area contributed by atoms with Gasteiger partial charge in [-0.25, -0.2) is 15.0 Å². The largest absolute Gasteiger partial charge is 0.508 e. The van der Waals surface area contributed by atoms with Crippen molar-refractivity contribution in [3.8, 4) is 5.75 Å². The molecule has 3 N–H and O–H groups in total. The van der Waals surface area contributed by atoms with Gasteiger partial charge in [-0.3, -0.25) is 0 Å². The summed E-state index contributed by atoms with van der Waals surface area (Å²) in [5.74, 6) is 2.51. The number of phenolic OH excluding ortho intramolecular Hbond substituents is 1. The molecule has 1 aliphatic heterocycles. The molecule has 0 aliphatic carbocycles. The molecular weight excluding hydrogens is 386 g/mol. The second-order valence-electron chi connectivity index (χ2n) is 7.00. The molecular formula is C21H23N5O2S. The second-order valence-corrected chi connectivity index (χ2v) is 8.06. The van der Waals surface area contributed by atoms with Crippen LogP contribution >= 0.6 is 11.3 Å². The van der Waals surface area contributed by atoms with Crippen molar-refractivity contribution < 1.29 is 10.2 Å². The molecule has 4 rings (SSSR count). The smallest absolute Gasteiger partial charge is 0.188 e. The molecule has 1 fully saturated rings. The van der Waals surface area contributed by atoms with Crippen LogP contribution in [0.2, 0.25) is 0 Å². The first-order valence-electron chi connectivity index (χ1n) is 9.54. The molecule has 1 aromatic carbocycles. The maximum absolute atomic E-state index is 9.71. The average molecular weight is 410 g/mol. The minimum atomic E-state index is -0.214. The van der Waals surface area contributed by atoms with Crippen molar-refractivity contribution >= 4 is 40.3 Å². The molecule has 0 bridgehead atoms. The van der Waals surface area contributed by atoms with Gasteiger partial charge in [-0.1, -0.05) is 29.5 Å². The van der Waals surface area contributed by atoms with Crippen LogP contribution in [0.25, 0.3) is 12.2 Å². The van der Waals surface area contributed by atoms with Crippen molar-refractivity contribution in [2.24, 2.45) is 0 Å². The van der Waals surface area contributed by atoms with Gasteiger partial charge in [-0.05, 0) is 43.5 Å². The zero-order chi connectivity index (χ0) is 20.2. The number of aromatic nitrogens is 3. The molecule has 1 saturated heterocycles. The van der Waals surface area contributed by atoms with E-state index in [-0.39, 0.29) is 11.9 Å². The first-order valence-corrected chi connectivity index (χ1v) is 10.4. The highest BCUT2D eigenvalue weighted by Crippen LogP contribution is 2.26. The van der Waals surface area contributed by atoms with Crippen molar-refractivity contribution in [2.75, 3.05) is 23.3 Å². The zero-order valence-electron chi connectivity index (χ0n) is 16.1. The topological polar surface area (TPSA) is 94.4 Å². The molecule has 0 unspecified atom stereocenters. The minimum absolute atomic E-state index is 0.214. The highest BCUT2D eigenvalue weighted by atomic mass is 32.1. The van der Waals surface area contributed by atoms with E-state index in [1.807, 2.05) is 37.3 Å². The van der Waals surface area contributed by atoms with Gasteiger partial charge in [0.2, 0.25) is 0 Å². The van der Waals surface area contributed by atoms with Crippen LogP contribution in [0.1, 0.15) is 29.1 Å². The van der Waals surface area contributed by atoms with Gasteiger partial charge in [-0.15, -0.1) is 0 Å². The summed E-state index contributed by atoms with van der Waals surface area (Å²) in [4.78, 5) is 16.6. The summed E-state index contributed by atoms with van der Waals surface area (Å²) in [6.45, 7) is 3.45. The van der Waals surface area contributed by atoms with Crippen molar-refractivity contribution in [1.82, 2.24) is 15.0 Å². The van der Waals surface area contributed by atoms with Crippen LogP contribution in [-0.4, -0.2) is 44.4 Å². The predicted octanol–water partition coefficient (Wildman–Crippen LogP) is 3.82. The molecule has 3 aromatic rings. The molecule has 0 atom stereocenters. The average Bonchev–Trinajstić information content (AvgIpc) is 3.14. The van der Waals surface area contributed by atoms with Gasteiger partial charge < -0.3 is 20.4 Å². The number of anilines is 3. The van der Waals surface area contributed by atoms with Crippen LogP contribution in [0.3, 0.4) is 0 Å². The summed E-state index contributed by atoms with van der Waals surface area (Å²) in [5, 5.41) is 23.3. The Bertz CT molecular complexity index is 1010. The highest BCUT2D eigenvalue weighted by molar-refractivity contribution is 7.16. The van der Waals surface area contributed by atoms with E-state index >= 15 is 0 Å². The molecule has 0 spiro atoms. The summed E-state index contributed by atoms with van der Waals surface area (Å²) < 4.78 is 0. The third-order valence-electron chi connectivity index (χ3n) is 4.68. The van der Waals surface area contributed by atoms with E-state index in [1.165, 1.54) is 11.3 Å². The number of aromatic hydroxyl groups is 1. The molecule has 29 heavy (non-hydrogen) atoms. The number of rotatable bonds is 5.